The fourth-order valence-corrected chi connectivity index (χ4v) is 1.24. The van der Waals surface area contributed by atoms with Crippen molar-refractivity contribution < 1.29 is 8.81 Å². The third-order valence-electron chi connectivity index (χ3n) is 2.34. The van der Waals surface area contributed by atoms with E-state index in [0.717, 1.165) is 0 Å². The largest absolute Gasteiger partial charge is 0.406 e. The monoisotopic (exact) mass is 236 g/mol. The van der Waals surface area contributed by atoms with Crippen LogP contribution in [0.15, 0.2) is 28.7 Å². The van der Waals surface area contributed by atoms with Crippen molar-refractivity contribution in [3.8, 4) is 0 Å². The highest BCUT2D eigenvalue weighted by Crippen LogP contribution is 2.18. The molecule has 0 radical (unpaired) electrons. The van der Waals surface area contributed by atoms with Crippen molar-refractivity contribution in [1.29, 1.82) is 0 Å². The first kappa shape index (κ1) is 11.5. The number of nitrogens with one attached hydrogen (secondary N) is 2. The highest BCUT2D eigenvalue weighted by molar-refractivity contribution is 5.51. The first-order valence-electron chi connectivity index (χ1n) is 5.22. The van der Waals surface area contributed by atoms with Crippen molar-refractivity contribution >= 4 is 11.7 Å². The molecule has 0 amide bonds. The Morgan fingerprint density at radius 3 is 2.59 bits per heavy atom. The fraction of sp³-hybridized carbons (Fsp3) is 0.273. The molecule has 1 atom stereocenters. The van der Waals surface area contributed by atoms with Crippen molar-refractivity contribution in [2.75, 3.05) is 12.4 Å². The Labute approximate surface area is 98.1 Å². The van der Waals surface area contributed by atoms with Crippen LogP contribution in [0.5, 0.6) is 0 Å². The maximum absolute atomic E-state index is 12.7. The van der Waals surface area contributed by atoms with E-state index in [9.17, 15) is 4.39 Å². The van der Waals surface area contributed by atoms with Gasteiger partial charge in [-0.3, -0.25) is 0 Å². The molecule has 2 N–H and O–H groups in total. The van der Waals surface area contributed by atoms with Crippen molar-refractivity contribution in [3.63, 3.8) is 0 Å². The molecule has 1 aromatic carbocycles. The third kappa shape index (κ3) is 2.79. The van der Waals surface area contributed by atoms with Gasteiger partial charge in [-0.25, -0.2) is 4.39 Å². The zero-order chi connectivity index (χ0) is 12.3. The summed E-state index contributed by atoms with van der Waals surface area (Å²) in [5.41, 5.74) is 0.693. The van der Waals surface area contributed by atoms with E-state index in [2.05, 4.69) is 20.8 Å². The second-order valence-corrected chi connectivity index (χ2v) is 3.59. The molecule has 0 aliphatic rings. The van der Waals surface area contributed by atoms with E-state index < -0.39 is 0 Å². The Hall–Kier alpha value is -1.95. The summed E-state index contributed by atoms with van der Waals surface area (Å²) in [6, 6.07) is 6.19. The van der Waals surface area contributed by atoms with Crippen LogP contribution in [0.2, 0.25) is 0 Å². The normalized spacial score (nSPS) is 12.4. The molecule has 5 nitrogen and oxygen atoms in total. The molecule has 0 fully saturated rings. The van der Waals surface area contributed by atoms with Crippen molar-refractivity contribution in [1.82, 2.24) is 15.5 Å². The van der Waals surface area contributed by atoms with E-state index in [0.29, 0.717) is 11.6 Å². The Morgan fingerprint density at radius 2 is 1.94 bits per heavy atom. The predicted octanol–water partition coefficient (Wildman–Crippen LogP) is 2.23. The van der Waals surface area contributed by atoms with Gasteiger partial charge in [-0.15, -0.1) is 5.10 Å². The number of nitrogens with zero attached hydrogens (tertiary/aromatic N) is 2. The topological polar surface area (TPSA) is 63.0 Å². The minimum absolute atomic E-state index is 0.00809. The summed E-state index contributed by atoms with van der Waals surface area (Å²) in [6.45, 7) is 1.91. The summed E-state index contributed by atoms with van der Waals surface area (Å²) in [7, 11) is 1.81. The molecular formula is C11H13FN4O. The minimum Gasteiger partial charge on any atom is -0.406 e. The van der Waals surface area contributed by atoms with Crippen LogP contribution in [-0.2, 0) is 0 Å². The van der Waals surface area contributed by atoms with Gasteiger partial charge in [0.1, 0.15) is 5.82 Å². The minimum atomic E-state index is -0.287. The number of halogens is 1. The van der Waals surface area contributed by atoms with Crippen LogP contribution >= 0.6 is 0 Å². The van der Waals surface area contributed by atoms with Crippen LogP contribution in [0, 0.1) is 5.82 Å². The highest BCUT2D eigenvalue weighted by Gasteiger charge is 2.11. The lowest BCUT2D eigenvalue weighted by atomic mass is 10.3. The second kappa shape index (κ2) is 4.92. The standard InChI is InChI=1S/C11H13FN4O/c1-7(13-2)10-15-16-11(17-10)14-9-5-3-8(12)4-6-9/h3-7,13H,1-2H3,(H,14,16). The Morgan fingerprint density at radius 1 is 1.24 bits per heavy atom. The molecule has 1 unspecified atom stereocenters. The molecule has 6 heteroatoms. The van der Waals surface area contributed by atoms with Crippen LogP contribution in [0.1, 0.15) is 18.9 Å². The molecule has 2 rings (SSSR count). The van der Waals surface area contributed by atoms with Crippen LogP contribution in [-0.4, -0.2) is 17.2 Å². The number of hydrogen-bond acceptors (Lipinski definition) is 5. The van der Waals surface area contributed by atoms with Gasteiger partial charge in [0.25, 0.3) is 0 Å². The molecular weight excluding hydrogens is 223 g/mol. The SMILES string of the molecule is CNC(C)c1nnc(Nc2ccc(F)cc2)o1. The third-order valence-corrected chi connectivity index (χ3v) is 2.34. The van der Waals surface area contributed by atoms with Gasteiger partial charge in [-0.2, -0.15) is 0 Å². The van der Waals surface area contributed by atoms with Gasteiger partial charge in [-0.05, 0) is 38.2 Å². The van der Waals surface area contributed by atoms with Gasteiger partial charge in [0.15, 0.2) is 0 Å². The average molecular weight is 236 g/mol. The molecule has 0 spiro atoms. The van der Waals surface area contributed by atoms with Gasteiger partial charge < -0.3 is 15.1 Å². The van der Waals surface area contributed by atoms with E-state index in [4.69, 9.17) is 4.42 Å². The number of benzene rings is 1. The smallest absolute Gasteiger partial charge is 0.320 e. The lowest BCUT2D eigenvalue weighted by Crippen LogP contribution is -2.12. The summed E-state index contributed by atoms with van der Waals surface area (Å²) >= 11 is 0. The maximum Gasteiger partial charge on any atom is 0.320 e. The summed E-state index contributed by atoms with van der Waals surface area (Å²) in [5, 5.41) is 13.6. The molecule has 2 aromatic rings. The molecule has 0 aliphatic heterocycles. The van der Waals surface area contributed by atoms with Crippen LogP contribution < -0.4 is 10.6 Å². The van der Waals surface area contributed by atoms with Gasteiger partial charge >= 0.3 is 6.01 Å². The van der Waals surface area contributed by atoms with E-state index in [1.165, 1.54) is 12.1 Å². The number of anilines is 2. The first-order valence-corrected chi connectivity index (χ1v) is 5.22. The fourth-order valence-electron chi connectivity index (χ4n) is 1.24. The predicted molar refractivity (Wildman–Crippen MR) is 61.5 cm³/mol. The lowest BCUT2D eigenvalue weighted by molar-refractivity contribution is 0.443. The molecule has 17 heavy (non-hydrogen) atoms. The van der Waals surface area contributed by atoms with Gasteiger partial charge in [0.05, 0.1) is 6.04 Å². The summed E-state index contributed by atoms with van der Waals surface area (Å²) < 4.78 is 18.1. The summed E-state index contributed by atoms with van der Waals surface area (Å²) in [5.74, 6) is 0.211. The Balaban J connectivity index is 2.08. The molecule has 0 aliphatic carbocycles. The molecule has 90 valence electrons. The molecule has 0 saturated carbocycles. The van der Waals surface area contributed by atoms with E-state index in [1.807, 2.05) is 14.0 Å². The second-order valence-electron chi connectivity index (χ2n) is 3.59. The van der Waals surface area contributed by atoms with Crippen LogP contribution in [0.25, 0.3) is 0 Å². The Kier molecular flexibility index (Phi) is 3.34. The molecule has 0 saturated heterocycles. The number of aromatic nitrogens is 2. The lowest BCUT2D eigenvalue weighted by Gasteiger charge is -2.03. The van der Waals surface area contributed by atoms with E-state index >= 15 is 0 Å². The number of hydrogen-bond donors (Lipinski definition) is 2. The summed E-state index contributed by atoms with van der Waals surface area (Å²) in [6.07, 6.45) is 0. The zero-order valence-corrected chi connectivity index (χ0v) is 9.57. The zero-order valence-electron chi connectivity index (χ0n) is 9.57. The molecule has 1 aromatic heterocycles. The van der Waals surface area contributed by atoms with Crippen molar-refractivity contribution in [3.05, 3.63) is 36.0 Å². The van der Waals surface area contributed by atoms with Gasteiger partial charge in [0, 0.05) is 5.69 Å². The quantitative estimate of drug-likeness (QED) is 0.852. The summed E-state index contributed by atoms with van der Waals surface area (Å²) in [4.78, 5) is 0. The van der Waals surface area contributed by atoms with Crippen LogP contribution in [0.3, 0.4) is 0 Å². The highest BCUT2D eigenvalue weighted by atomic mass is 19.1. The number of rotatable bonds is 4. The van der Waals surface area contributed by atoms with Gasteiger partial charge in [-0.1, -0.05) is 5.10 Å². The van der Waals surface area contributed by atoms with E-state index in [-0.39, 0.29) is 17.9 Å². The molecule has 0 bridgehead atoms. The Bertz CT molecular complexity index is 482. The van der Waals surface area contributed by atoms with Gasteiger partial charge in [0.2, 0.25) is 5.89 Å². The first-order chi connectivity index (χ1) is 8.19. The van der Waals surface area contributed by atoms with Crippen molar-refractivity contribution in [2.24, 2.45) is 0 Å². The maximum atomic E-state index is 12.7. The van der Waals surface area contributed by atoms with Crippen LogP contribution in [0.4, 0.5) is 16.1 Å². The average Bonchev–Trinajstić information content (AvgIpc) is 2.80. The van der Waals surface area contributed by atoms with Crippen molar-refractivity contribution in [2.45, 2.75) is 13.0 Å². The molecule has 1 heterocycles. The van der Waals surface area contributed by atoms with E-state index in [1.54, 1.807) is 12.1 Å².